The van der Waals surface area contributed by atoms with Crippen LogP contribution in [0.3, 0.4) is 0 Å². The Balaban J connectivity index is 0.00000180. The van der Waals surface area contributed by atoms with Crippen molar-refractivity contribution in [1.29, 1.82) is 0 Å². The molecule has 0 radical (unpaired) electrons. The molecule has 1 aromatic carbocycles. The summed E-state index contributed by atoms with van der Waals surface area (Å²) in [6, 6.07) is 4.93. The van der Waals surface area contributed by atoms with Crippen LogP contribution in [0.25, 0.3) is 0 Å². The Bertz CT molecular complexity index is 453. The number of nitrogens with two attached hydrogens (primary N) is 1. The number of benzene rings is 1. The van der Waals surface area contributed by atoms with Crippen LogP contribution in [0.5, 0.6) is 0 Å². The van der Waals surface area contributed by atoms with Crippen LogP contribution in [-0.2, 0) is 4.74 Å². The predicted molar refractivity (Wildman–Crippen MR) is 78.5 cm³/mol. The van der Waals surface area contributed by atoms with Gasteiger partial charge in [-0.3, -0.25) is 10.1 Å². The lowest BCUT2D eigenvalue weighted by atomic mass is 9.88. The maximum atomic E-state index is 10.9. The van der Waals surface area contributed by atoms with E-state index in [0.717, 1.165) is 31.6 Å². The van der Waals surface area contributed by atoms with E-state index in [2.05, 4.69) is 15.9 Å². The van der Waals surface area contributed by atoms with E-state index in [-0.39, 0.29) is 24.1 Å². The Morgan fingerprint density at radius 2 is 2.05 bits per heavy atom. The highest BCUT2D eigenvalue weighted by atomic mass is 79.9. The summed E-state index contributed by atoms with van der Waals surface area (Å²) >= 11 is 3.17. The van der Waals surface area contributed by atoms with E-state index in [0.29, 0.717) is 10.4 Å². The van der Waals surface area contributed by atoms with E-state index in [1.54, 1.807) is 12.1 Å². The van der Waals surface area contributed by atoms with Crippen molar-refractivity contribution >= 4 is 34.0 Å². The van der Waals surface area contributed by atoms with Gasteiger partial charge in [0.15, 0.2) is 0 Å². The van der Waals surface area contributed by atoms with E-state index < -0.39 is 4.92 Å². The molecule has 0 unspecified atom stereocenters. The summed E-state index contributed by atoms with van der Waals surface area (Å²) in [5.74, 6) is 0.333. The first-order chi connectivity index (χ1) is 8.59. The molecule has 5 nitrogen and oxygen atoms in total. The zero-order chi connectivity index (χ0) is 13.1. The minimum absolute atomic E-state index is 0. The van der Waals surface area contributed by atoms with Crippen LogP contribution < -0.4 is 5.73 Å². The highest BCUT2D eigenvalue weighted by Crippen LogP contribution is 2.32. The Hall–Kier alpha value is -0.690. The molecule has 0 amide bonds. The van der Waals surface area contributed by atoms with Gasteiger partial charge in [-0.25, -0.2) is 0 Å². The largest absolute Gasteiger partial charge is 0.381 e. The van der Waals surface area contributed by atoms with Gasteiger partial charge in [0.2, 0.25) is 0 Å². The lowest BCUT2D eigenvalue weighted by Crippen LogP contribution is -2.27. The molecule has 1 fully saturated rings. The van der Waals surface area contributed by atoms with Gasteiger partial charge in [0, 0.05) is 25.3 Å². The summed E-state index contributed by atoms with van der Waals surface area (Å²) in [6.45, 7) is 1.44. The summed E-state index contributed by atoms with van der Waals surface area (Å²) in [7, 11) is 0. The lowest BCUT2D eigenvalue weighted by molar-refractivity contribution is -0.385. The third-order valence-corrected chi connectivity index (χ3v) is 4.00. The quantitative estimate of drug-likeness (QED) is 0.670. The van der Waals surface area contributed by atoms with E-state index in [1.165, 1.54) is 0 Å². The summed E-state index contributed by atoms with van der Waals surface area (Å²) in [6.07, 6.45) is 1.82. The molecule has 0 aromatic heterocycles. The van der Waals surface area contributed by atoms with Crippen molar-refractivity contribution in [2.24, 2.45) is 11.7 Å². The van der Waals surface area contributed by atoms with Crippen molar-refractivity contribution in [1.82, 2.24) is 0 Å². The van der Waals surface area contributed by atoms with Gasteiger partial charge in [-0.1, -0.05) is 6.07 Å². The minimum atomic E-state index is -0.399. The summed E-state index contributed by atoms with van der Waals surface area (Å²) in [5, 5.41) is 10.9. The third-order valence-electron chi connectivity index (χ3n) is 3.33. The molecule has 0 spiro atoms. The van der Waals surface area contributed by atoms with Crippen molar-refractivity contribution in [3.8, 4) is 0 Å². The fourth-order valence-electron chi connectivity index (χ4n) is 2.22. The van der Waals surface area contributed by atoms with Crippen LogP contribution >= 0.6 is 28.3 Å². The predicted octanol–water partition coefficient (Wildman–Crippen LogP) is 3.21. The number of hydrogen-bond donors (Lipinski definition) is 1. The van der Waals surface area contributed by atoms with E-state index in [4.69, 9.17) is 10.5 Å². The maximum Gasteiger partial charge on any atom is 0.283 e. The van der Waals surface area contributed by atoms with Gasteiger partial charge in [-0.2, -0.15) is 0 Å². The van der Waals surface area contributed by atoms with Gasteiger partial charge in [-0.15, -0.1) is 12.4 Å². The highest BCUT2D eigenvalue weighted by Gasteiger charge is 2.24. The molecule has 1 aromatic rings. The Morgan fingerprint density at radius 3 is 2.63 bits per heavy atom. The first-order valence-electron chi connectivity index (χ1n) is 5.86. The average molecular weight is 352 g/mol. The number of halogens is 2. The number of hydrogen-bond acceptors (Lipinski definition) is 4. The SMILES string of the molecule is Cl.N[C@@H](c1ccc(Br)c([N+](=O)[O-])c1)C1CCOCC1. The summed E-state index contributed by atoms with van der Waals surface area (Å²) < 4.78 is 5.78. The zero-order valence-electron chi connectivity index (χ0n) is 10.3. The summed E-state index contributed by atoms with van der Waals surface area (Å²) in [5.41, 5.74) is 7.08. The van der Waals surface area contributed by atoms with Gasteiger partial charge in [0.05, 0.1) is 9.40 Å². The van der Waals surface area contributed by atoms with Crippen LogP contribution in [0.2, 0.25) is 0 Å². The number of rotatable bonds is 3. The molecule has 0 aliphatic carbocycles. The standard InChI is InChI=1S/C12H15BrN2O3.ClH/c13-10-2-1-9(7-11(10)15(16)17)12(14)8-3-5-18-6-4-8;/h1-2,7-8,12H,3-6,14H2;1H/t12-;/m1./s1. The fraction of sp³-hybridized carbons (Fsp3) is 0.500. The van der Waals surface area contributed by atoms with Gasteiger partial charge >= 0.3 is 0 Å². The molecule has 0 saturated carbocycles. The number of nitro benzene ring substituents is 1. The molecule has 1 atom stereocenters. The molecule has 0 bridgehead atoms. The Morgan fingerprint density at radius 1 is 1.42 bits per heavy atom. The van der Waals surface area contributed by atoms with Gasteiger partial charge in [0.1, 0.15) is 0 Å². The van der Waals surface area contributed by atoms with Crippen LogP contribution in [0.4, 0.5) is 5.69 Å². The second-order valence-corrected chi connectivity index (χ2v) is 5.30. The van der Waals surface area contributed by atoms with Crippen molar-refractivity contribution in [3.63, 3.8) is 0 Å². The van der Waals surface area contributed by atoms with Gasteiger partial charge in [-0.05, 0) is 46.3 Å². The number of nitrogens with zero attached hydrogens (tertiary/aromatic N) is 1. The molecular formula is C12H16BrClN2O3. The number of nitro groups is 1. The van der Waals surface area contributed by atoms with Crippen molar-refractivity contribution in [3.05, 3.63) is 38.3 Å². The smallest absolute Gasteiger partial charge is 0.283 e. The maximum absolute atomic E-state index is 10.9. The first kappa shape index (κ1) is 16.4. The molecule has 1 aliphatic rings. The third kappa shape index (κ3) is 3.89. The van der Waals surface area contributed by atoms with Crippen molar-refractivity contribution < 1.29 is 9.66 Å². The van der Waals surface area contributed by atoms with Crippen LogP contribution in [0.15, 0.2) is 22.7 Å². The Labute approximate surface area is 126 Å². The fourth-order valence-corrected chi connectivity index (χ4v) is 2.62. The number of ether oxygens (including phenoxy) is 1. The molecule has 2 rings (SSSR count). The monoisotopic (exact) mass is 350 g/mol. The second kappa shape index (κ2) is 7.19. The summed E-state index contributed by atoms with van der Waals surface area (Å²) in [4.78, 5) is 10.5. The molecule has 19 heavy (non-hydrogen) atoms. The second-order valence-electron chi connectivity index (χ2n) is 4.44. The average Bonchev–Trinajstić information content (AvgIpc) is 2.39. The molecular weight excluding hydrogens is 336 g/mol. The molecule has 1 saturated heterocycles. The molecule has 7 heteroatoms. The minimum Gasteiger partial charge on any atom is -0.381 e. The molecule has 106 valence electrons. The first-order valence-corrected chi connectivity index (χ1v) is 6.66. The highest BCUT2D eigenvalue weighted by molar-refractivity contribution is 9.10. The van der Waals surface area contributed by atoms with Crippen LogP contribution in [0.1, 0.15) is 24.4 Å². The van der Waals surface area contributed by atoms with Crippen molar-refractivity contribution in [2.45, 2.75) is 18.9 Å². The van der Waals surface area contributed by atoms with E-state index in [1.807, 2.05) is 6.07 Å². The lowest BCUT2D eigenvalue weighted by Gasteiger charge is -2.27. The van der Waals surface area contributed by atoms with Crippen molar-refractivity contribution in [2.75, 3.05) is 13.2 Å². The normalized spacial score (nSPS) is 17.6. The van der Waals surface area contributed by atoms with Crippen LogP contribution in [-0.4, -0.2) is 18.1 Å². The van der Waals surface area contributed by atoms with Gasteiger partial charge < -0.3 is 10.5 Å². The zero-order valence-corrected chi connectivity index (χ0v) is 12.7. The molecule has 1 aliphatic heterocycles. The topological polar surface area (TPSA) is 78.4 Å². The van der Waals surface area contributed by atoms with E-state index in [9.17, 15) is 10.1 Å². The van der Waals surface area contributed by atoms with Gasteiger partial charge in [0.25, 0.3) is 5.69 Å². The molecule has 2 N–H and O–H groups in total. The molecule has 1 heterocycles. The Kier molecular flexibility index (Phi) is 6.19. The van der Waals surface area contributed by atoms with E-state index >= 15 is 0 Å². The van der Waals surface area contributed by atoms with Crippen LogP contribution in [0, 0.1) is 16.0 Å².